The number of hydrogen-bond donors (Lipinski definition) is 1. The van der Waals surface area contributed by atoms with Gasteiger partial charge in [0.2, 0.25) is 0 Å². The Bertz CT molecular complexity index is 348. The van der Waals surface area contributed by atoms with Gasteiger partial charge >= 0.3 is 5.97 Å². The van der Waals surface area contributed by atoms with Crippen LogP contribution in [0, 0.1) is 0 Å². The summed E-state index contributed by atoms with van der Waals surface area (Å²) in [5, 5.41) is 9.04. The second-order valence-corrected chi connectivity index (χ2v) is 4.92. The molecule has 0 fully saturated rings. The molecule has 2 unspecified atom stereocenters. The fourth-order valence-electron chi connectivity index (χ4n) is 1.40. The molecule has 1 aromatic rings. The fourth-order valence-corrected chi connectivity index (χ4v) is 1.97. The number of benzene rings is 1. The Kier molecular flexibility index (Phi) is 4.49. The van der Waals surface area contributed by atoms with Gasteiger partial charge in [0.1, 0.15) is 0 Å². The van der Waals surface area contributed by atoms with Crippen molar-refractivity contribution in [3.05, 3.63) is 35.9 Å². The van der Waals surface area contributed by atoms with Crippen LogP contribution in [0.3, 0.4) is 0 Å². The molecule has 0 bridgehead atoms. The molecule has 15 heavy (non-hydrogen) atoms. The molecule has 0 aliphatic rings. The average Bonchev–Trinajstić information content (AvgIpc) is 2.18. The first-order chi connectivity index (χ1) is 7.11. The predicted octanol–water partition coefficient (Wildman–Crippen LogP) is 1.62. The van der Waals surface area contributed by atoms with Gasteiger partial charge in [0.05, 0.1) is 5.92 Å². The van der Waals surface area contributed by atoms with Crippen LogP contribution in [0.25, 0.3) is 0 Å². The van der Waals surface area contributed by atoms with Crippen LogP contribution in [0.2, 0.25) is 0 Å². The molecule has 0 radical (unpaired) electrons. The van der Waals surface area contributed by atoms with Gasteiger partial charge in [0.25, 0.3) is 0 Å². The number of carboxylic acid groups (broad SMARTS) is 1. The van der Waals surface area contributed by atoms with E-state index in [2.05, 4.69) is 0 Å². The van der Waals surface area contributed by atoms with Crippen molar-refractivity contribution in [1.29, 1.82) is 0 Å². The highest BCUT2D eigenvalue weighted by atomic mass is 32.2. The van der Waals surface area contributed by atoms with Crippen molar-refractivity contribution in [2.45, 2.75) is 12.3 Å². The lowest BCUT2D eigenvalue weighted by atomic mass is 9.97. The zero-order valence-electron chi connectivity index (χ0n) is 8.55. The van der Waals surface area contributed by atoms with Gasteiger partial charge in [-0.25, -0.2) is 0 Å². The third-order valence-corrected chi connectivity index (χ3v) is 3.00. The van der Waals surface area contributed by atoms with E-state index in [0.29, 0.717) is 12.2 Å². The Morgan fingerprint density at radius 1 is 1.40 bits per heavy atom. The van der Waals surface area contributed by atoms with Gasteiger partial charge in [-0.3, -0.25) is 9.00 Å². The van der Waals surface area contributed by atoms with Crippen molar-refractivity contribution >= 4 is 16.8 Å². The zero-order valence-corrected chi connectivity index (χ0v) is 9.37. The molecule has 0 heterocycles. The molecule has 0 saturated heterocycles. The molecule has 0 saturated carbocycles. The van der Waals surface area contributed by atoms with Crippen molar-refractivity contribution in [3.8, 4) is 0 Å². The molecule has 4 heteroatoms. The molecule has 0 aliphatic carbocycles. The molecule has 82 valence electrons. The van der Waals surface area contributed by atoms with E-state index in [-0.39, 0.29) is 0 Å². The van der Waals surface area contributed by atoms with Gasteiger partial charge < -0.3 is 5.11 Å². The van der Waals surface area contributed by atoms with E-state index in [1.165, 1.54) is 0 Å². The normalized spacial score (nSPS) is 14.5. The summed E-state index contributed by atoms with van der Waals surface area (Å²) in [6.07, 6.45) is 2.01. The van der Waals surface area contributed by atoms with Crippen LogP contribution < -0.4 is 0 Å². The van der Waals surface area contributed by atoms with Gasteiger partial charge in [-0.15, -0.1) is 0 Å². The summed E-state index contributed by atoms with van der Waals surface area (Å²) in [6, 6.07) is 9.05. The maximum atomic E-state index is 11.0. The molecular formula is C11H14O3S. The van der Waals surface area contributed by atoms with E-state index in [4.69, 9.17) is 5.11 Å². The Morgan fingerprint density at radius 2 is 2.00 bits per heavy atom. The summed E-state index contributed by atoms with van der Waals surface area (Å²) < 4.78 is 10.9. The first kappa shape index (κ1) is 11.9. The molecule has 0 aromatic heterocycles. The summed E-state index contributed by atoms with van der Waals surface area (Å²) in [4.78, 5) is 11.0. The molecule has 1 N–H and O–H groups in total. The van der Waals surface area contributed by atoms with E-state index in [0.717, 1.165) is 5.56 Å². The molecule has 1 aromatic carbocycles. The largest absolute Gasteiger partial charge is 0.481 e. The standard InChI is InChI=1S/C11H14O3S/c1-15(14)8-7-10(11(12)13)9-5-3-2-4-6-9/h2-6,10H,7-8H2,1H3,(H,12,13). The highest BCUT2D eigenvalue weighted by Crippen LogP contribution is 2.19. The predicted molar refractivity (Wildman–Crippen MR) is 60.4 cm³/mol. The molecule has 3 nitrogen and oxygen atoms in total. The summed E-state index contributed by atoms with van der Waals surface area (Å²) >= 11 is 0. The molecule has 0 spiro atoms. The van der Waals surface area contributed by atoms with Crippen LogP contribution in [-0.4, -0.2) is 27.3 Å². The molecule has 0 aliphatic heterocycles. The number of aliphatic carboxylic acids is 1. The van der Waals surface area contributed by atoms with E-state index < -0.39 is 22.7 Å². The Morgan fingerprint density at radius 3 is 2.47 bits per heavy atom. The SMILES string of the molecule is CS(=O)CCC(C(=O)O)c1ccccc1. The van der Waals surface area contributed by atoms with Crippen LogP contribution in [0.5, 0.6) is 0 Å². The minimum absolute atomic E-state index is 0.419. The van der Waals surface area contributed by atoms with E-state index in [1.807, 2.05) is 18.2 Å². The first-order valence-electron chi connectivity index (χ1n) is 4.69. The van der Waals surface area contributed by atoms with Crippen molar-refractivity contribution < 1.29 is 14.1 Å². The fraction of sp³-hybridized carbons (Fsp3) is 0.364. The summed E-state index contributed by atoms with van der Waals surface area (Å²) in [5.41, 5.74) is 0.774. The maximum Gasteiger partial charge on any atom is 0.311 e. The first-order valence-corrected chi connectivity index (χ1v) is 6.41. The maximum absolute atomic E-state index is 11.0. The highest BCUT2D eigenvalue weighted by Gasteiger charge is 2.19. The van der Waals surface area contributed by atoms with Gasteiger partial charge in [-0.2, -0.15) is 0 Å². The van der Waals surface area contributed by atoms with Crippen LogP contribution in [0.1, 0.15) is 17.9 Å². The third-order valence-electron chi connectivity index (χ3n) is 2.19. The van der Waals surface area contributed by atoms with Gasteiger partial charge in [0.15, 0.2) is 0 Å². The quantitative estimate of drug-likeness (QED) is 0.830. The monoisotopic (exact) mass is 226 g/mol. The third kappa shape index (κ3) is 3.83. The number of hydrogen-bond acceptors (Lipinski definition) is 2. The Balaban J connectivity index is 2.75. The van der Waals surface area contributed by atoms with E-state index in [1.54, 1.807) is 18.4 Å². The number of carbonyl (C=O) groups is 1. The Labute approximate surface area is 91.6 Å². The van der Waals surface area contributed by atoms with E-state index >= 15 is 0 Å². The minimum atomic E-state index is -0.940. The molecule has 1 rings (SSSR count). The number of rotatable bonds is 5. The van der Waals surface area contributed by atoms with Crippen molar-refractivity contribution in [2.24, 2.45) is 0 Å². The highest BCUT2D eigenvalue weighted by molar-refractivity contribution is 7.84. The lowest BCUT2D eigenvalue weighted by molar-refractivity contribution is -0.138. The summed E-state index contributed by atoms with van der Waals surface area (Å²) in [5.74, 6) is -0.979. The van der Waals surface area contributed by atoms with E-state index in [9.17, 15) is 9.00 Å². The smallest absolute Gasteiger partial charge is 0.311 e. The second-order valence-electron chi connectivity index (χ2n) is 3.37. The summed E-state index contributed by atoms with van der Waals surface area (Å²) in [7, 11) is -0.940. The van der Waals surface area contributed by atoms with Crippen LogP contribution in [0.15, 0.2) is 30.3 Å². The van der Waals surface area contributed by atoms with Crippen molar-refractivity contribution in [3.63, 3.8) is 0 Å². The molecular weight excluding hydrogens is 212 g/mol. The molecule has 0 amide bonds. The van der Waals surface area contributed by atoms with Crippen LogP contribution in [-0.2, 0) is 15.6 Å². The van der Waals surface area contributed by atoms with Crippen LogP contribution in [0.4, 0.5) is 0 Å². The topological polar surface area (TPSA) is 54.4 Å². The number of carboxylic acids is 1. The lowest BCUT2D eigenvalue weighted by Crippen LogP contribution is -2.14. The zero-order chi connectivity index (χ0) is 11.3. The lowest BCUT2D eigenvalue weighted by Gasteiger charge is -2.11. The molecule has 2 atom stereocenters. The average molecular weight is 226 g/mol. The Hall–Kier alpha value is -1.16. The summed E-state index contributed by atoms with van der Waals surface area (Å²) in [6.45, 7) is 0. The van der Waals surface area contributed by atoms with Gasteiger partial charge in [-0.05, 0) is 12.0 Å². The van der Waals surface area contributed by atoms with Gasteiger partial charge in [0, 0.05) is 22.8 Å². The van der Waals surface area contributed by atoms with Crippen molar-refractivity contribution in [1.82, 2.24) is 0 Å². The minimum Gasteiger partial charge on any atom is -0.481 e. The van der Waals surface area contributed by atoms with Crippen LogP contribution >= 0.6 is 0 Å². The van der Waals surface area contributed by atoms with Crippen molar-refractivity contribution in [2.75, 3.05) is 12.0 Å². The second kappa shape index (κ2) is 5.66. The van der Waals surface area contributed by atoms with Gasteiger partial charge in [-0.1, -0.05) is 30.3 Å².